The van der Waals surface area contributed by atoms with Crippen molar-refractivity contribution in [2.24, 2.45) is 5.73 Å². The van der Waals surface area contributed by atoms with Crippen molar-refractivity contribution in [2.75, 3.05) is 13.1 Å². The summed E-state index contributed by atoms with van der Waals surface area (Å²) < 4.78 is 26.3. The Morgan fingerprint density at radius 3 is 2.63 bits per heavy atom. The van der Waals surface area contributed by atoms with Crippen molar-refractivity contribution in [1.29, 1.82) is 0 Å². The highest BCUT2D eigenvalue weighted by atomic mass is 35.5. The van der Waals surface area contributed by atoms with Gasteiger partial charge in [-0.3, -0.25) is 0 Å². The molecule has 0 bridgehead atoms. The highest BCUT2D eigenvalue weighted by Crippen LogP contribution is 2.23. The molecule has 4 nitrogen and oxygen atoms in total. The molecule has 0 saturated carbocycles. The lowest BCUT2D eigenvalue weighted by atomic mass is 10.2. The zero-order chi connectivity index (χ0) is 14.5. The smallest absolute Gasteiger partial charge is 0.243 e. The first-order valence-corrected chi connectivity index (χ1v) is 7.88. The van der Waals surface area contributed by atoms with Gasteiger partial charge in [-0.1, -0.05) is 30.7 Å². The Morgan fingerprint density at radius 2 is 2.16 bits per heavy atom. The van der Waals surface area contributed by atoms with Crippen LogP contribution < -0.4 is 5.73 Å². The first kappa shape index (κ1) is 16.2. The number of rotatable bonds is 7. The van der Waals surface area contributed by atoms with Crippen LogP contribution in [0, 0.1) is 0 Å². The number of hydrogen-bond acceptors (Lipinski definition) is 3. The van der Waals surface area contributed by atoms with Gasteiger partial charge in [0.2, 0.25) is 10.0 Å². The Morgan fingerprint density at radius 1 is 1.47 bits per heavy atom. The minimum atomic E-state index is -3.54. The Labute approximate surface area is 119 Å². The van der Waals surface area contributed by atoms with Crippen LogP contribution in [-0.2, 0) is 16.6 Å². The van der Waals surface area contributed by atoms with E-state index in [1.54, 1.807) is 12.1 Å². The fourth-order valence-electron chi connectivity index (χ4n) is 1.71. The second kappa shape index (κ2) is 7.05. The zero-order valence-corrected chi connectivity index (χ0v) is 12.5. The van der Waals surface area contributed by atoms with Crippen LogP contribution >= 0.6 is 11.6 Å². The minimum absolute atomic E-state index is 0.185. The van der Waals surface area contributed by atoms with Crippen molar-refractivity contribution in [1.82, 2.24) is 4.31 Å². The van der Waals surface area contributed by atoms with Crippen LogP contribution in [0.5, 0.6) is 0 Å². The van der Waals surface area contributed by atoms with Crippen LogP contribution in [0.2, 0.25) is 5.02 Å². The predicted octanol–water partition coefficient (Wildman–Crippen LogP) is 2.39. The molecular formula is C13H19ClN2O2S. The summed E-state index contributed by atoms with van der Waals surface area (Å²) in [7, 11) is -3.54. The number of halogens is 1. The van der Waals surface area contributed by atoms with Gasteiger partial charge in [0.25, 0.3) is 0 Å². The van der Waals surface area contributed by atoms with Crippen molar-refractivity contribution in [2.45, 2.75) is 24.8 Å². The summed E-state index contributed by atoms with van der Waals surface area (Å²) in [5.74, 6) is 0. The van der Waals surface area contributed by atoms with E-state index < -0.39 is 10.0 Å². The second-order valence-corrected chi connectivity index (χ2v) is 6.45. The highest BCUT2D eigenvalue weighted by Gasteiger charge is 2.23. The third-order valence-corrected chi connectivity index (χ3v) is 4.90. The van der Waals surface area contributed by atoms with Crippen LogP contribution in [0.25, 0.3) is 0 Å². The summed E-state index contributed by atoms with van der Waals surface area (Å²) in [5.41, 5.74) is 6.24. The Bertz CT molecular complexity index is 544. The lowest BCUT2D eigenvalue weighted by molar-refractivity contribution is 0.441. The van der Waals surface area contributed by atoms with E-state index in [1.807, 2.05) is 6.92 Å². The molecule has 0 aliphatic carbocycles. The van der Waals surface area contributed by atoms with E-state index in [4.69, 9.17) is 17.3 Å². The van der Waals surface area contributed by atoms with Crippen molar-refractivity contribution in [3.05, 3.63) is 41.4 Å². The van der Waals surface area contributed by atoms with Gasteiger partial charge in [0, 0.05) is 24.7 Å². The Hall–Kier alpha value is -0.880. The molecule has 0 unspecified atom stereocenters. The molecule has 0 spiro atoms. The van der Waals surface area contributed by atoms with Gasteiger partial charge in [0.15, 0.2) is 0 Å². The summed E-state index contributed by atoms with van der Waals surface area (Å²) in [6.45, 7) is 6.53. The lowest BCUT2D eigenvalue weighted by Crippen LogP contribution is -2.32. The average molecular weight is 303 g/mol. The largest absolute Gasteiger partial charge is 0.326 e. The topological polar surface area (TPSA) is 63.4 Å². The molecule has 106 valence electrons. The molecule has 6 heteroatoms. The second-order valence-electron chi connectivity index (χ2n) is 4.11. The average Bonchev–Trinajstić information content (AvgIpc) is 2.38. The highest BCUT2D eigenvalue weighted by molar-refractivity contribution is 7.89. The maximum absolute atomic E-state index is 12.5. The number of benzene rings is 1. The van der Waals surface area contributed by atoms with Gasteiger partial charge >= 0.3 is 0 Å². The van der Waals surface area contributed by atoms with E-state index in [-0.39, 0.29) is 18.0 Å². The third kappa shape index (κ3) is 3.79. The first-order valence-electron chi connectivity index (χ1n) is 6.06. The number of sulfonamides is 1. The van der Waals surface area contributed by atoms with Crippen molar-refractivity contribution in [3.63, 3.8) is 0 Å². The van der Waals surface area contributed by atoms with E-state index in [9.17, 15) is 8.42 Å². The van der Waals surface area contributed by atoms with E-state index in [0.717, 1.165) is 12.0 Å². The van der Waals surface area contributed by atoms with Crippen molar-refractivity contribution >= 4 is 21.6 Å². The van der Waals surface area contributed by atoms with Crippen LogP contribution in [0.3, 0.4) is 0 Å². The maximum Gasteiger partial charge on any atom is 0.243 e. The molecular weight excluding hydrogens is 284 g/mol. The summed E-state index contributed by atoms with van der Waals surface area (Å²) in [6, 6.07) is 4.63. The van der Waals surface area contributed by atoms with E-state index >= 15 is 0 Å². The van der Waals surface area contributed by atoms with Gasteiger partial charge in [-0.25, -0.2) is 8.42 Å². The van der Waals surface area contributed by atoms with Crippen LogP contribution in [-0.4, -0.2) is 25.8 Å². The molecule has 0 heterocycles. The Balaban J connectivity index is 3.17. The molecule has 0 saturated heterocycles. The summed E-state index contributed by atoms with van der Waals surface area (Å²) in [4.78, 5) is 0.185. The van der Waals surface area contributed by atoms with Crippen LogP contribution in [0.4, 0.5) is 0 Å². The van der Waals surface area contributed by atoms with Crippen LogP contribution in [0.1, 0.15) is 18.9 Å². The molecule has 1 aromatic rings. The zero-order valence-electron chi connectivity index (χ0n) is 11.0. The molecule has 2 N–H and O–H groups in total. The quantitative estimate of drug-likeness (QED) is 0.787. The number of nitrogens with zero attached hydrogens (tertiary/aromatic N) is 1. The van der Waals surface area contributed by atoms with Gasteiger partial charge < -0.3 is 5.73 Å². The third-order valence-electron chi connectivity index (χ3n) is 2.69. The molecule has 1 aromatic carbocycles. The van der Waals surface area contributed by atoms with Crippen molar-refractivity contribution < 1.29 is 8.42 Å². The lowest BCUT2D eigenvalue weighted by Gasteiger charge is -2.20. The van der Waals surface area contributed by atoms with E-state index in [0.29, 0.717) is 11.6 Å². The molecule has 0 aliphatic heterocycles. The van der Waals surface area contributed by atoms with E-state index in [1.165, 1.54) is 16.4 Å². The van der Waals surface area contributed by atoms with Gasteiger partial charge in [-0.05, 0) is 24.1 Å². The molecule has 19 heavy (non-hydrogen) atoms. The molecule has 1 rings (SSSR count). The molecule has 0 aromatic heterocycles. The molecule has 0 radical (unpaired) electrons. The van der Waals surface area contributed by atoms with Crippen molar-refractivity contribution in [3.8, 4) is 0 Å². The molecule has 0 amide bonds. The summed E-state index contributed by atoms with van der Waals surface area (Å²) in [5, 5.41) is 0.374. The SMILES string of the molecule is C=CCN(CCC)S(=O)(=O)c1ccc(CN)c(Cl)c1. The Kier molecular flexibility index (Phi) is 6.00. The van der Waals surface area contributed by atoms with Gasteiger partial charge in [0.05, 0.1) is 4.90 Å². The maximum atomic E-state index is 12.5. The van der Waals surface area contributed by atoms with Gasteiger partial charge in [-0.2, -0.15) is 4.31 Å². The normalized spacial score (nSPS) is 11.8. The van der Waals surface area contributed by atoms with Gasteiger partial charge in [-0.15, -0.1) is 6.58 Å². The monoisotopic (exact) mass is 302 g/mol. The summed E-state index contributed by atoms with van der Waals surface area (Å²) in [6.07, 6.45) is 2.31. The molecule has 0 aliphatic rings. The van der Waals surface area contributed by atoms with Crippen LogP contribution in [0.15, 0.2) is 35.7 Å². The molecule has 0 fully saturated rings. The molecule has 0 atom stereocenters. The number of hydrogen-bond donors (Lipinski definition) is 1. The fourth-order valence-corrected chi connectivity index (χ4v) is 3.56. The first-order chi connectivity index (χ1) is 8.97. The van der Waals surface area contributed by atoms with E-state index in [2.05, 4.69) is 6.58 Å². The number of nitrogens with two attached hydrogens (primary N) is 1. The minimum Gasteiger partial charge on any atom is -0.326 e. The predicted molar refractivity (Wildman–Crippen MR) is 78.6 cm³/mol. The standard InChI is InChI=1S/C13H19ClN2O2S/c1-3-7-16(8-4-2)19(17,18)12-6-5-11(10-15)13(14)9-12/h3,5-6,9H,1,4,7-8,10,15H2,2H3. The summed E-state index contributed by atoms with van der Waals surface area (Å²) >= 11 is 6.01. The fraction of sp³-hybridized carbons (Fsp3) is 0.385. The van der Waals surface area contributed by atoms with Gasteiger partial charge in [0.1, 0.15) is 0 Å².